The van der Waals surface area contributed by atoms with Crippen LogP contribution in [-0.2, 0) is 19.6 Å². The van der Waals surface area contributed by atoms with E-state index in [2.05, 4.69) is 4.85 Å². The lowest BCUT2D eigenvalue weighted by molar-refractivity contribution is -0.136. The molecule has 1 heterocycles. The van der Waals surface area contributed by atoms with Crippen molar-refractivity contribution in [3.63, 3.8) is 0 Å². The van der Waals surface area contributed by atoms with Gasteiger partial charge >= 0.3 is 0 Å². The van der Waals surface area contributed by atoms with Gasteiger partial charge in [-0.05, 0) is 11.1 Å². The van der Waals surface area contributed by atoms with Gasteiger partial charge in [0.2, 0.25) is 27.3 Å². The quantitative estimate of drug-likeness (QED) is 0.605. The maximum atomic E-state index is 12.4. The molecule has 1 aromatic carbocycles. The van der Waals surface area contributed by atoms with Crippen molar-refractivity contribution in [2.45, 2.75) is 6.04 Å². The van der Waals surface area contributed by atoms with Crippen molar-refractivity contribution >= 4 is 27.2 Å². The predicted octanol–water partition coefficient (Wildman–Crippen LogP) is 1.24. The van der Waals surface area contributed by atoms with Crippen LogP contribution in [-0.4, -0.2) is 36.6 Å². The summed E-state index contributed by atoms with van der Waals surface area (Å²) in [7, 11) is -3.64. The molecule has 0 spiro atoms. The second-order valence-corrected chi connectivity index (χ2v) is 7.26. The van der Waals surface area contributed by atoms with E-state index in [1.807, 2.05) is 0 Å². The van der Waals surface area contributed by atoms with Crippen molar-refractivity contribution in [1.29, 1.82) is 0 Å². The van der Waals surface area contributed by atoms with Crippen molar-refractivity contribution < 1.29 is 18.0 Å². The smallest absolute Gasteiger partial charge is 0.235 e. The first kappa shape index (κ1) is 15.2. The Labute approximate surface area is 133 Å². The maximum Gasteiger partial charge on any atom is 0.235 e. The van der Waals surface area contributed by atoms with E-state index in [-0.39, 0.29) is 5.70 Å². The van der Waals surface area contributed by atoms with E-state index in [1.54, 1.807) is 30.3 Å². The first-order chi connectivity index (χ1) is 10.8. The van der Waals surface area contributed by atoms with Gasteiger partial charge in [-0.15, -0.1) is 0 Å². The highest BCUT2D eigenvalue weighted by Crippen LogP contribution is 2.41. The summed E-state index contributed by atoms with van der Waals surface area (Å²) in [6, 6.07) is 7.97. The van der Waals surface area contributed by atoms with Crippen LogP contribution in [0.5, 0.6) is 0 Å². The summed E-state index contributed by atoms with van der Waals surface area (Å²) in [5.74, 6) is -2.52. The molecule has 2 aliphatic rings. The summed E-state index contributed by atoms with van der Waals surface area (Å²) in [6.07, 6.45) is 3.68. The topological polar surface area (TPSA) is 75.9 Å². The largest absolute Gasteiger partial charge is 0.299 e. The predicted molar refractivity (Wildman–Crippen MR) is 83.1 cm³/mol. The maximum absolute atomic E-state index is 12.4. The lowest BCUT2D eigenvalue weighted by Gasteiger charge is -2.28. The molecule has 7 heteroatoms. The van der Waals surface area contributed by atoms with Gasteiger partial charge in [-0.3, -0.25) is 13.9 Å². The minimum atomic E-state index is -3.64. The van der Waals surface area contributed by atoms with Gasteiger partial charge in [0.1, 0.15) is 0 Å². The van der Waals surface area contributed by atoms with Crippen LogP contribution in [0.1, 0.15) is 5.56 Å². The Morgan fingerprint density at radius 1 is 1.17 bits per heavy atom. The Bertz CT molecular complexity index is 907. The molecule has 0 aromatic heterocycles. The number of sulfonamides is 1. The third-order valence-electron chi connectivity index (χ3n) is 3.91. The molecule has 0 radical (unpaired) electrons. The molecule has 116 valence electrons. The highest BCUT2D eigenvalue weighted by molar-refractivity contribution is 7.88. The van der Waals surface area contributed by atoms with Crippen LogP contribution in [0.2, 0.25) is 0 Å². The van der Waals surface area contributed by atoms with Crippen LogP contribution >= 0.6 is 0 Å². The second kappa shape index (κ2) is 5.18. The normalized spacial score (nSPS) is 23.9. The van der Waals surface area contributed by atoms with Gasteiger partial charge in [-0.25, -0.2) is 13.3 Å². The molecule has 0 amide bonds. The fourth-order valence-electron chi connectivity index (χ4n) is 2.89. The lowest BCUT2D eigenvalue weighted by Crippen LogP contribution is -2.43. The highest BCUT2D eigenvalue weighted by Gasteiger charge is 2.48. The molecule has 23 heavy (non-hydrogen) atoms. The average Bonchev–Trinajstić information content (AvgIpc) is 2.91. The second-order valence-electron chi connectivity index (χ2n) is 5.37. The first-order valence-electron chi connectivity index (χ1n) is 6.78. The molecule has 1 aliphatic carbocycles. The summed E-state index contributed by atoms with van der Waals surface area (Å²) in [6.45, 7) is 7.00. The van der Waals surface area contributed by atoms with Crippen LogP contribution in [0.4, 0.5) is 0 Å². The lowest BCUT2D eigenvalue weighted by atomic mass is 9.81. The van der Waals surface area contributed by atoms with E-state index >= 15 is 0 Å². The molecular weight excluding hydrogens is 316 g/mol. The van der Waals surface area contributed by atoms with Gasteiger partial charge in [0, 0.05) is 6.20 Å². The van der Waals surface area contributed by atoms with Crippen molar-refractivity contribution in [1.82, 2.24) is 4.31 Å². The van der Waals surface area contributed by atoms with Crippen LogP contribution in [0.3, 0.4) is 0 Å². The molecule has 0 bridgehead atoms. The fourth-order valence-corrected chi connectivity index (χ4v) is 3.82. The Morgan fingerprint density at radius 3 is 2.39 bits per heavy atom. The van der Waals surface area contributed by atoms with Crippen molar-refractivity contribution in [3.05, 3.63) is 65.3 Å². The number of carbonyl (C=O) groups excluding carboxylic acids is 2. The molecule has 2 atom stereocenters. The Hall–Kier alpha value is -2.72. The fraction of sp³-hybridized carbons (Fsp3) is 0.188. The monoisotopic (exact) mass is 328 g/mol. The first-order valence-corrected chi connectivity index (χ1v) is 8.63. The van der Waals surface area contributed by atoms with E-state index in [1.165, 1.54) is 12.3 Å². The average molecular weight is 328 g/mol. The molecule has 1 aromatic rings. The van der Waals surface area contributed by atoms with Gasteiger partial charge in [-0.2, -0.15) is 0 Å². The standard InChI is InChI=1S/C16H12N2O4S/c1-17-12-8-13-14(16(20)15(12)19)11(9-18(13)23(2,21)22)10-6-4-3-5-7-10/h3-9,13-14H,2H3. The van der Waals surface area contributed by atoms with Crippen molar-refractivity contribution in [3.8, 4) is 0 Å². The Balaban J connectivity index is 2.21. The van der Waals surface area contributed by atoms with E-state index < -0.39 is 33.5 Å². The summed E-state index contributed by atoms with van der Waals surface area (Å²) < 4.78 is 25.1. The molecule has 0 saturated carbocycles. The molecule has 6 nitrogen and oxygen atoms in total. The van der Waals surface area contributed by atoms with Crippen molar-refractivity contribution in [2.24, 2.45) is 5.92 Å². The number of carbonyl (C=O) groups is 2. The van der Waals surface area contributed by atoms with Gasteiger partial charge in [0.25, 0.3) is 0 Å². The van der Waals surface area contributed by atoms with Gasteiger partial charge in [-0.1, -0.05) is 36.4 Å². The zero-order valence-electron chi connectivity index (χ0n) is 12.1. The number of allylic oxidation sites excluding steroid dienone is 1. The SMILES string of the molecule is [C-]#[N+]C1=CC2C(C(=O)C1=O)C(c1ccccc1)=CN2S(C)(=O)=O. The number of fused-ring (bicyclic) bond motifs is 1. The summed E-state index contributed by atoms with van der Waals surface area (Å²) in [5, 5.41) is 0. The number of rotatable bonds is 2. The zero-order valence-corrected chi connectivity index (χ0v) is 12.9. The van der Waals surface area contributed by atoms with Crippen LogP contribution in [0, 0.1) is 12.5 Å². The van der Waals surface area contributed by atoms with Gasteiger partial charge < -0.3 is 0 Å². The minimum absolute atomic E-state index is 0.326. The molecule has 0 saturated heterocycles. The van der Waals surface area contributed by atoms with E-state index in [0.717, 1.165) is 10.6 Å². The minimum Gasteiger partial charge on any atom is -0.299 e. The molecule has 0 fully saturated rings. The van der Waals surface area contributed by atoms with Crippen LogP contribution < -0.4 is 0 Å². The Kier molecular flexibility index (Phi) is 3.42. The van der Waals surface area contributed by atoms with Crippen LogP contribution in [0.25, 0.3) is 10.4 Å². The third kappa shape index (κ3) is 2.37. The van der Waals surface area contributed by atoms with Crippen molar-refractivity contribution in [2.75, 3.05) is 6.26 Å². The number of nitrogens with zero attached hydrogens (tertiary/aromatic N) is 2. The van der Waals surface area contributed by atoms with Gasteiger partial charge in [0.15, 0.2) is 0 Å². The summed E-state index contributed by atoms with van der Waals surface area (Å²) in [5.41, 5.74) is 0.821. The zero-order chi connectivity index (χ0) is 16.8. The number of hydrogen-bond acceptors (Lipinski definition) is 4. The highest BCUT2D eigenvalue weighted by atomic mass is 32.2. The molecular formula is C16H12N2O4S. The molecule has 1 aliphatic heterocycles. The summed E-state index contributed by atoms with van der Waals surface area (Å²) in [4.78, 5) is 27.5. The number of hydrogen-bond donors (Lipinski definition) is 0. The van der Waals surface area contributed by atoms with Gasteiger partial charge in [0.05, 0.1) is 24.8 Å². The molecule has 0 N–H and O–H groups in total. The number of ketones is 2. The molecule has 3 rings (SSSR count). The van der Waals surface area contributed by atoms with E-state index in [4.69, 9.17) is 6.57 Å². The number of Topliss-reactive ketones (excluding diaryl/α,β-unsaturated/α-hetero) is 2. The third-order valence-corrected chi connectivity index (χ3v) is 5.03. The number of benzene rings is 1. The van der Waals surface area contributed by atoms with E-state index in [0.29, 0.717) is 11.1 Å². The Morgan fingerprint density at radius 2 is 1.83 bits per heavy atom. The van der Waals surface area contributed by atoms with Crippen LogP contribution in [0.15, 0.2) is 48.3 Å². The summed E-state index contributed by atoms with van der Waals surface area (Å²) >= 11 is 0. The van der Waals surface area contributed by atoms with E-state index in [9.17, 15) is 18.0 Å². The molecule has 2 unspecified atom stereocenters.